The Hall–Kier alpha value is -0.610. The summed E-state index contributed by atoms with van der Waals surface area (Å²) in [4.78, 5) is 9.27. The fourth-order valence-corrected chi connectivity index (χ4v) is 0.0478. The van der Waals surface area contributed by atoms with E-state index in [0.29, 0.717) is 0 Å². The van der Waals surface area contributed by atoms with Crippen LogP contribution in [0, 0.1) is 6.54 Å². The molecule has 0 aromatic rings. The Labute approximate surface area is 34.4 Å². The lowest BCUT2D eigenvalue weighted by atomic mass is 10.7. The lowest BCUT2D eigenvalue weighted by molar-refractivity contribution is -0.134. The molecule has 0 unspecified atom stereocenters. The highest BCUT2D eigenvalue weighted by molar-refractivity contribution is 5.75. The number of aliphatic carboxylic acids is 1. The molecule has 0 aliphatic rings. The highest BCUT2D eigenvalue weighted by Crippen LogP contribution is 1.60. The normalized spacial score (nSPS) is 8.17. The topological polar surface area (TPSA) is 69.6 Å². The van der Waals surface area contributed by atoms with Crippen molar-refractivity contribution < 1.29 is 15.1 Å². The monoisotopic (exact) mass is 89.0 g/mol. The van der Waals surface area contributed by atoms with Crippen LogP contribution in [-0.4, -0.2) is 16.3 Å². The van der Waals surface area contributed by atoms with Gasteiger partial charge >= 0.3 is 5.97 Å². The van der Waals surface area contributed by atoms with Crippen LogP contribution in [-0.2, 0) is 4.79 Å². The summed E-state index contributed by atoms with van der Waals surface area (Å²) in [5.41, 5.74) is 1.22. The standard InChI is InChI=1S/C2H3NO3/c4-2(5)1-3-6/h3,6H,(H,4,5). The van der Waals surface area contributed by atoms with Gasteiger partial charge in [0.05, 0.1) is 0 Å². The molecule has 0 heterocycles. The summed E-state index contributed by atoms with van der Waals surface area (Å²) in [6.45, 7) is 1.43. The van der Waals surface area contributed by atoms with Crippen molar-refractivity contribution in [3.63, 3.8) is 0 Å². The zero-order valence-electron chi connectivity index (χ0n) is 2.80. The van der Waals surface area contributed by atoms with Crippen molar-refractivity contribution in [3.8, 4) is 0 Å². The SMILES string of the molecule is O=C(O)[C]NO. The molecular weight excluding hydrogens is 86.0 g/mol. The number of carboxylic acids is 1. The van der Waals surface area contributed by atoms with Crippen LogP contribution in [0.5, 0.6) is 0 Å². The second kappa shape index (κ2) is 2.62. The molecule has 0 fully saturated rings. The summed E-state index contributed by atoms with van der Waals surface area (Å²) in [5, 5.41) is 15.1. The maximum absolute atomic E-state index is 9.27. The lowest BCUT2D eigenvalue weighted by Gasteiger charge is -1.80. The van der Waals surface area contributed by atoms with Gasteiger partial charge < -0.3 is 10.3 Å². The maximum atomic E-state index is 9.27. The largest absolute Gasteiger partial charge is 0.480 e. The Morgan fingerprint density at radius 3 is 2.33 bits per heavy atom. The smallest absolute Gasteiger partial charge is 0.331 e. The number of rotatable bonds is 2. The quantitative estimate of drug-likeness (QED) is 0.302. The number of nitrogens with one attached hydrogen (secondary N) is 1. The molecule has 0 aromatic carbocycles. The molecule has 4 nitrogen and oxygen atoms in total. The summed E-state index contributed by atoms with van der Waals surface area (Å²) in [7, 11) is 0. The molecule has 0 bridgehead atoms. The number of hydrogen-bond acceptors (Lipinski definition) is 3. The third-order valence-electron chi connectivity index (χ3n) is 0.163. The Morgan fingerprint density at radius 2 is 2.33 bits per heavy atom. The van der Waals surface area contributed by atoms with Crippen LogP contribution in [0.25, 0.3) is 0 Å². The summed E-state index contributed by atoms with van der Waals surface area (Å²) in [6, 6.07) is 0. The average molecular weight is 89.0 g/mol. The van der Waals surface area contributed by atoms with Crippen LogP contribution in [0.1, 0.15) is 0 Å². The lowest BCUT2D eigenvalue weighted by Crippen LogP contribution is -2.10. The average Bonchev–Trinajstić information content (AvgIpc) is 1.35. The van der Waals surface area contributed by atoms with Gasteiger partial charge in [-0.2, -0.15) is 5.48 Å². The Kier molecular flexibility index (Phi) is 2.35. The van der Waals surface area contributed by atoms with E-state index in [0.717, 1.165) is 0 Å². The molecule has 0 saturated carbocycles. The predicted octanol–water partition coefficient (Wildman–Crippen LogP) is -0.911. The van der Waals surface area contributed by atoms with E-state index < -0.39 is 5.97 Å². The van der Waals surface area contributed by atoms with Gasteiger partial charge in [0.1, 0.15) is 0 Å². The molecule has 0 amide bonds. The van der Waals surface area contributed by atoms with Gasteiger partial charge in [0.15, 0.2) is 0 Å². The van der Waals surface area contributed by atoms with Crippen molar-refractivity contribution in [3.05, 3.63) is 6.54 Å². The van der Waals surface area contributed by atoms with Crippen LogP contribution in [0.3, 0.4) is 0 Å². The van der Waals surface area contributed by atoms with Gasteiger partial charge in [-0.3, -0.25) is 0 Å². The van der Waals surface area contributed by atoms with Gasteiger partial charge in [-0.25, -0.2) is 4.79 Å². The molecule has 0 rings (SSSR count). The number of hydrogen-bond donors (Lipinski definition) is 3. The van der Waals surface area contributed by atoms with E-state index in [4.69, 9.17) is 10.3 Å². The third-order valence-corrected chi connectivity index (χ3v) is 0.163. The van der Waals surface area contributed by atoms with Gasteiger partial charge in [0.25, 0.3) is 0 Å². The predicted molar refractivity (Wildman–Crippen MR) is 15.8 cm³/mol. The molecule has 0 aliphatic heterocycles. The molecular formula is C2H3NO3. The summed E-state index contributed by atoms with van der Waals surface area (Å²) >= 11 is 0. The molecule has 0 aliphatic carbocycles. The van der Waals surface area contributed by atoms with Crippen molar-refractivity contribution in [1.82, 2.24) is 5.48 Å². The Bertz CT molecular complexity index is 52.8. The minimum absolute atomic E-state index is 1.22. The second-order valence-corrected chi connectivity index (χ2v) is 0.542. The fraction of sp³-hybridized carbons (Fsp3) is 0. The molecule has 0 saturated heterocycles. The van der Waals surface area contributed by atoms with E-state index in [9.17, 15) is 4.79 Å². The molecule has 0 atom stereocenters. The first-order valence-electron chi connectivity index (χ1n) is 1.15. The van der Waals surface area contributed by atoms with E-state index in [1.165, 1.54) is 12.0 Å². The highest BCUT2D eigenvalue weighted by atomic mass is 16.5. The van der Waals surface area contributed by atoms with Crippen LogP contribution in [0.2, 0.25) is 0 Å². The summed E-state index contributed by atoms with van der Waals surface area (Å²) in [5.74, 6) is -1.32. The fourth-order valence-electron chi connectivity index (χ4n) is 0.0478. The van der Waals surface area contributed by atoms with Gasteiger partial charge in [0, 0.05) is 0 Å². The number of carbonyl (C=O) groups is 1. The van der Waals surface area contributed by atoms with Gasteiger partial charge in [0.2, 0.25) is 6.54 Å². The Morgan fingerprint density at radius 1 is 1.83 bits per heavy atom. The molecule has 34 valence electrons. The van der Waals surface area contributed by atoms with Crippen molar-refractivity contribution in [2.24, 2.45) is 0 Å². The van der Waals surface area contributed by atoms with E-state index in [1.54, 1.807) is 0 Å². The van der Waals surface area contributed by atoms with Crippen LogP contribution in [0.15, 0.2) is 0 Å². The Balaban J connectivity index is 2.83. The number of carboxylic acid groups (broad SMARTS) is 1. The first-order valence-corrected chi connectivity index (χ1v) is 1.15. The van der Waals surface area contributed by atoms with Crippen LogP contribution in [0.4, 0.5) is 0 Å². The maximum Gasteiger partial charge on any atom is 0.331 e. The third kappa shape index (κ3) is 3.39. The first kappa shape index (κ1) is 5.39. The molecule has 6 heavy (non-hydrogen) atoms. The molecule has 3 N–H and O–H groups in total. The molecule has 0 spiro atoms. The summed E-state index contributed by atoms with van der Waals surface area (Å²) in [6.07, 6.45) is 0. The van der Waals surface area contributed by atoms with Gasteiger partial charge in [-0.15, -0.1) is 0 Å². The summed E-state index contributed by atoms with van der Waals surface area (Å²) < 4.78 is 0. The minimum Gasteiger partial charge on any atom is -0.480 e. The minimum atomic E-state index is -1.32. The zero-order valence-corrected chi connectivity index (χ0v) is 2.80. The van der Waals surface area contributed by atoms with Crippen molar-refractivity contribution in [1.29, 1.82) is 0 Å². The van der Waals surface area contributed by atoms with E-state index in [-0.39, 0.29) is 0 Å². The second-order valence-electron chi connectivity index (χ2n) is 0.542. The van der Waals surface area contributed by atoms with E-state index in [2.05, 4.69) is 0 Å². The van der Waals surface area contributed by atoms with Crippen molar-refractivity contribution >= 4 is 5.97 Å². The van der Waals surface area contributed by atoms with E-state index >= 15 is 0 Å². The first-order chi connectivity index (χ1) is 2.77. The number of hydroxylamine groups is 1. The van der Waals surface area contributed by atoms with Crippen LogP contribution < -0.4 is 5.48 Å². The van der Waals surface area contributed by atoms with Gasteiger partial charge in [-0.1, -0.05) is 0 Å². The van der Waals surface area contributed by atoms with E-state index in [1.807, 2.05) is 0 Å². The molecule has 2 radical (unpaired) electrons. The van der Waals surface area contributed by atoms with Crippen molar-refractivity contribution in [2.75, 3.05) is 0 Å². The van der Waals surface area contributed by atoms with Gasteiger partial charge in [-0.05, 0) is 0 Å². The van der Waals surface area contributed by atoms with Crippen LogP contribution >= 0.6 is 0 Å². The van der Waals surface area contributed by atoms with Crippen molar-refractivity contribution in [2.45, 2.75) is 0 Å². The molecule has 4 heteroatoms. The zero-order chi connectivity index (χ0) is 4.99. The molecule has 0 aromatic heterocycles. The highest BCUT2D eigenvalue weighted by Gasteiger charge is 1.91.